The number of alkyl halides is 1. The molecule has 0 unspecified atom stereocenters. The molecule has 0 aliphatic carbocycles. The molecule has 0 spiro atoms. The van der Waals surface area contributed by atoms with Crippen LogP contribution in [0.1, 0.15) is 1.43 Å². The largest absolute Gasteiger partial charge is 1.00 e. The predicted octanol–water partition coefficient (Wildman–Crippen LogP) is -3.17. The van der Waals surface area contributed by atoms with Crippen LogP contribution in [0.15, 0.2) is 0 Å². The molecule has 0 aromatic heterocycles. The van der Waals surface area contributed by atoms with E-state index in [0.29, 0.717) is 0 Å². The van der Waals surface area contributed by atoms with Gasteiger partial charge in [0.15, 0.2) is 0 Å². The first-order chi connectivity index (χ1) is 2.27. The fourth-order valence-electron chi connectivity index (χ4n) is 0. The monoisotopic (exact) mass is 117 g/mol. The zero-order valence-corrected chi connectivity index (χ0v) is 6.33. The molecule has 0 saturated carbocycles. The molecule has 0 aromatic carbocycles. The molecule has 0 bridgehead atoms. The van der Waals surface area contributed by atoms with Crippen molar-refractivity contribution in [2.24, 2.45) is 5.73 Å². The summed E-state index contributed by atoms with van der Waals surface area (Å²) in [6, 6.07) is 0. The Balaban J connectivity index is -0.0000000800. The van der Waals surface area contributed by atoms with Crippen molar-refractivity contribution in [1.82, 2.24) is 0 Å². The van der Waals surface area contributed by atoms with Gasteiger partial charge in [0.25, 0.3) is 0 Å². The van der Waals surface area contributed by atoms with Gasteiger partial charge < -0.3 is 7.16 Å². The van der Waals surface area contributed by atoms with Crippen LogP contribution in [0.3, 0.4) is 0 Å². The molecule has 0 fully saturated rings. The van der Waals surface area contributed by atoms with Gasteiger partial charge in [0, 0.05) is 0 Å². The molecule has 32 valence electrons. The van der Waals surface area contributed by atoms with Crippen molar-refractivity contribution in [3.63, 3.8) is 0 Å². The number of amides is 1. The topological polar surface area (TPSA) is 43.1 Å². The second kappa shape index (κ2) is 5.76. The zero-order chi connectivity index (χ0) is 4.28. The van der Waals surface area contributed by atoms with E-state index in [-0.39, 0.29) is 36.9 Å². The molecule has 2 nitrogen and oxygen atoms in total. The summed E-state index contributed by atoms with van der Waals surface area (Å²) in [4.78, 5) is 9.46. The first-order valence-corrected chi connectivity index (χ1v) is 1.65. The maximum absolute atomic E-state index is 9.46. The SMILES string of the molecule is NC(=O)CCl.[H-].[Na+]. The van der Waals surface area contributed by atoms with Crippen molar-refractivity contribution in [1.29, 1.82) is 0 Å². The van der Waals surface area contributed by atoms with Crippen LogP contribution in [0.5, 0.6) is 0 Å². The van der Waals surface area contributed by atoms with Crippen LogP contribution in [0.4, 0.5) is 0 Å². The molecule has 0 heterocycles. The fraction of sp³-hybridized carbons (Fsp3) is 0.500. The minimum Gasteiger partial charge on any atom is -1.00 e. The van der Waals surface area contributed by atoms with E-state index in [2.05, 4.69) is 5.73 Å². The Kier molecular flexibility index (Phi) is 9.50. The third kappa shape index (κ3) is 8.83. The summed E-state index contributed by atoms with van der Waals surface area (Å²) in [5, 5.41) is 0. The van der Waals surface area contributed by atoms with Gasteiger partial charge in [-0.25, -0.2) is 0 Å². The van der Waals surface area contributed by atoms with Crippen molar-refractivity contribution in [2.45, 2.75) is 0 Å². The summed E-state index contributed by atoms with van der Waals surface area (Å²) in [5.74, 6) is -0.563. The minimum absolute atomic E-state index is 0. The molecule has 0 aliphatic heterocycles. The van der Waals surface area contributed by atoms with Gasteiger partial charge in [-0.1, -0.05) is 0 Å². The average molecular weight is 118 g/mol. The molecule has 2 N–H and O–H groups in total. The van der Waals surface area contributed by atoms with Crippen LogP contribution >= 0.6 is 11.6 Å². The minimum atomic E-state index is -0.480. The Morgan fingerprint density at radius 2 is 2.17 bits per heavy atom. The van der Waals surface area contributed by atoms with E-state index in [0.717, 1.165) is 0 Å². The second-order valence-electron chi connectivity index (χ2n) is 0.600. The Hall–Kier alpha value is 0.760. The van der Waals surface area contributed by atoms with Crippen molar-refractivity contribution < 1.29 is 35.8 Å². The number of nitrogens with two attached hydrogens (primary N) is 1. The average Bonchev–Trinajstić information content (AvgIpc) is 1.38. The maximum atomic E-state index is 9.46. The Morgan fingerprint density at radius 1 is 2.00 bits per heavy atom. The van der Waals surface area contributed by atoms with Gasteiger partial charge in [-0.2, -0.15) is 0 Å². The number of carbonyl (C=O) groups is 1. The van der Waals surface area contributed by atoms with Gasteiger partial charge in [-0.15, -0.1) is 11.6 Å². The second-order valence-corrected chi connectivity index (χ2v) is 0.867. The van der Waals surface area contributed by atoms with Gasteiger partial charge in [0.1, 0.15) is 5.88 Å². The quantitative estimate of drug-likeness (QED) is 0.286. The van der Waals surface area contributed by atoms with Crippen LogP contribution in [0, 0.1) is 0 Å². The van der Waals surface area contributed by atoms with E-state index >= 15 is 0 Å². The first kappa shape index (κ1) is 9.90. The molecular formula is C2H5ClNNaO. The standard InChI is InChI=1S/C2H4ClNO.Na.H/c3-1-2(4)5;;/h1H2,(H2,4,5);;/q;+1;-1. The smallest absolute Gasteiger partial charge is 1.00 e. The van der Waals surface area contributed by atoms with Gasteiger partial charge in [0.05, 0.1) is 0 Å². The van der Waals surface area contributed by atoms with Crippen molar-refractivity contribution in [2.75, 3.05) is 5.88 Å². The first-order valence-electron chi connectivity index (χ1n) is 1.11. The van der Waals surface area contributed by atoms with E-state index < -0.39 is 5.91 Å². The summed E-state index contributed by atoms with van der Waals surface area (Å²) in [6.07, 6.45) is 0. The van der Waals surface area contributed by atoms with Gasteiger partial charge in [-0.3, -0.25) is 4.79 Å². The molecule has 0 aliphatic rings. The molecule has 0 aromatic rings. The number of primary amides is 1. The van der Waals surface area contributed by atoms with Gasteiger partial charge in [0.2, 0.25) is 5.91 Å². The number of carbonyl (C=O) groups excluding carboxylic acids is 1. The fourth-order valence-corrected chi connectivity index (χ4v) is 0. The summed E-state index contributed by atoms with van der Waals surface area (Å²) >= 11 is 4.86. The number of rotatable bonds is 1. The van der Waals surface area contributed by atoms with Crippen molar-refractivity contribution in [3.8, 4) is 0 Å². The zero-order valence-electron chi connectivity index (χ0n) is 4.57. The maximum Gasteiger partial charge on any atom is 1.00 e. The molecule has 0 rings (SSSR count). The van der Waals surface area contributed by atoms with E-state index in [4.69, 9.17) is 11.6 Å². The summed E-state index contributed by atoms with van der Waals surface area (Å²) in [7, 11) is 0. The number of halogens is 1. The van der Waals surface area contributed by atoms with Crippen LogP contribution < -0.4 is 35.3 Å². The van der Waals surface area contributed by atoms with E-state index in [1.807, 2.05) is 0 Å². The third-order valence-electron chi connectivity index (χ3n) is 0.132. The van der Waals surface area contributed by atoms with E-state index in [9.17, 15) is 4.79 Å². The van der Waals surface area contributed by atoms with Crippen molar-refractivity contribution >= 4 is 17.5 Å². The molecule has 1 amide bonds. The number of hydrogen-bond acceptors (Lipinski definition) is 1. The molecular weight excluding hydrogens is 112 g/mol. The van der Waals surface area contributed by atoms with Crippen LogP contribution in [0.2, 0.25) is 0 Å². The van der Waals surface area contributed by atoms with Crippen LogP contribution in [-0.2, 0) is 4.79 Å². The molecule has 0 saturated heterocycles. The van der Waals surface area contributed by atoms with Crippen LogP contribution in [0.25, 0.3) is 0 Å². The molecule has 4 heteroatoms. The Morgan fingerprint density at radius 3 is 2.17 bits per heavy atom. The van der Waals surface area contributed by atoms with Crippen molar-refractivity contribution in [3.05, 3.63) is 0 Å². The Labute approximate surface area is 64.8 Å². The van der Waals surface area contributed by atoms with Gasteiger partial charge >= 0.3 is 29.6 Å². The molecule has 0 radical (unpaired) electrons. The van der Waals surface area contributed by atoms with Crippen LogP contribution in [-0.4, -0.2) is 11.8 Å². The Bertz CT molecular complexity index is 53.0. The van der Waals surface area contributed by atoms with E-state index in [1.165, 1.54) is 0 Å². The number of hydrogen-bond donors (Lipinski definition) is 1. The third-order valence-corrected chi connectivity index (χ3v) is 0.395. The molecule has 6 heavy (non-hydrogen) atoms. The normalized spacial score (nSPS) is 6.17. The summed E-state index contributed by atoms with van der Waals surface area (Å²) < 4.78 is 0. The van der Waals surface area contributed by atoms with E-state index in [1.54, 1.807) is 0 Å². The molecule has 0 atom stereocenters. The predicted molar refractivity (Wildman–Crippen MR) is 21.0 cm³/mol. The van der Waals surface area contributed by atoms with Gasteiger partial charge in [-0.05, 0) is 0 Å². The summed E-state index contributed by atoms with van der Waals surface area (Å²) in [5.41, 5.74) is 4.52. The summed E-state index contributed by atoms with van der Waals surface area (Å²) in [6.45, 7) is 0.